The molecule has 0 radical (unpaired) electrons. The summed E-state index contributed by atoms with van der Waals surface area (Å²) in [4.78, 5) is 18.1. The third-order valence-electron chi connectivity index (χ3n) is 4.74. The smallest absolute Gasteiger partial charge is 0.231 e. The number of anilines is 1. The zero-order valence-electron chi connectivity index (χ0n) is 16.3. The highest BCUT2D eigenvalue weighted by Crippen LogP contribution is 2.34. The van der Waals surface area contributed by atoms with Crippen molar-refractivity contribution in [2.24, 2.45) is 0 Å². The Hall–Kier alpha value is -3.52. The fourth-order valence-corrected chi connectivity index (χ4v) is 4.20. The topological polar surface area (TPSA) is 74.1 Å². The van der Waals surface area contributed by atoms with E-state index in [0.29, 0.717) is 23.8 Å². The highest BCUT2D eigenvalue weighted by atomic mass is 32.1. The Morgan fingerprint density at radius 1 is 1.20 bits per heavy atom. The number of carbonyl (C=O) groups excluding carboxylic acids is 1. The molecule has 0 unspecified atom stereocenters. The van der Waals surface area contributed by atoms with Crippen LogP contribution in [-0.4, -0.2) is 28.7 Å². The normalized spacial score (nSPS) is 12.3. The Kier molecular flexibility index (Phi) is 4.76. The van der Waals surface area contributed by atoms with Gasteiger partial charge in [-0.15, -0.1) is 11.3 Å². The molecule has 8 heteroatoms. The second-order valence-corrected chi connectivity index (χ2v) is 7.59. The van der Waals surface area contributed by atoms with Gasteiger partial charge in [0.2, 0.25) is 12.7 Å². The first kappa shape index (κ1) is 18.5. The molecule has 5 rings (SSSR count). The molecule has 4 aromatic rings. The van der Waals surface area contributed by atoms with Crippen LogP contribution in [-0.2, 0) is 11.2 Å². The van der Waals surface area contributed by atoms with Gasteiger partial charge in [-0.2, -0.15) is 0 Å². The summed E-state index contributed by atoms with van der Waals surface area (Å²) in [6.07, 6.45) is 2.21. The Balaban J connectivity index is 1.31. The number of amides is 1. The van der Waals surface area contributed by atoms with E-state index in [-0.39, 0.29) is 19.1 Å². The second kappa shape index (κ2) is 7.72. The van der Waals surface area contributed by atoms with E-state index in [0.717, 1.165) is 27.7 Å². The first-order valence-electron chi connectivity index (χ1n) is 9.58. The van der Waals surface area contributed by atoms with E-state index < -0.39 is 0 Å². The molecule has 152 valence electrons. The first-order valence-corrected chi connectivity index (χ1v) is 10.5. The van der Waals surface area contributed by atoms with Crippen molar-refractivity contribution in [3.05, 3.63) is 59.7 Å². The van der Waals surface area contributed by atoms with Gasteiger partial charge in [0, 0.05) is 34.6 Å². The standard InChI is InChI=1S/C22H19N3O4S/c1-2-27-17-6-3-14(4-7-17)18-11-25-16(12-30-22(25)24-18)10-21(26)23-15-5-8-19-20(9-15)29-13-28-19/h3-9,11-12H,2,10,13H2,1H3,(H,23,26). The van der Waals surface area contributed by atoms with Crippen LogP contribution in [0.15, 0.2) is 54.0 Å². The molecule has 0 saturated carbocycles. The molecule has 30 heavy (non-hydrogen) atoms. The Bertz CT molecular complexity index is 1210. The van der Waals surface area contributed by atoms with Crippen molar-refractivity contribution in [1.82, 2.24) is 9.38 Å². The van der Waals surface area contributed by atoms with Gasteiger partial charge < -0.3 is 19.5 Å². The number of carbonyl (C=O) groups is 1. The number of thiazole rings is 1. The largest absolute Gasteiger partial charge is 0.494 e. The van der Waals surface area contributed by atoms with Gasteiger partial charge >= 0.3 is 0 Å². The minimum atomic E-state index is -0.107. The quantitative estimate of drug-likeness (QED) is 0.500. The lowest BCUT2D eigenvalue weighted by Crippen LogP contribution is -2.15. The van der Waals surface area contributed by atoms with Crippen LogP contribution >= 0.6 is 11.3 Å². The van der Waals surface area contributed by atoms with Crippen molar-refractivity contribution in [2.45, 2.75) is 13.3 Å². The Morgan fingerprint density at radius 3 is 2.87 bits per heavy atom. The van der Waals surface area contributed by atoms with E-state index in [9.17, 15) is 4.79 Å². The van der Waals surface area contributed by atoms with E-state index in [2.05, 4.69) is 10.3 Å². The highest BCUT2D eigenvalue weighted by molar-refractivity contribution is 7.15. The van der Waals surface area contributed by atoms with E-state index in [1.54, 1.807) is 18.2 Å². The van der Waals surface area contributed by atoms with Crippen molar-refractivity contribution in [2.75, 3.05) is 18.7 Å². The Morgan fingerprint density at radius 2 is 2.03 bits per heavy atom. The fourth-order valence-electron chi connectivity index (χ4n) is 3.33. The lowest BCUT2D eigenvalue weighted by atomic mass is 10.1. The molecule has 0 atom stereocenters. The zero-order valence-corrected chi connectivity index (χ0v) is 17.1. The number of nitrogens with zero attached hydrogens (tertiary/aromatic N) is 2. The van der Waals surface area contributed by atoms with Crippen molar-refractivity contribution < 1.29 is 19.0 Å². The van der Waals surface area contributed by atoms with Gasteiger partial charge in [0.15, 0.2) is 16.5 Å². The number of nitrogens with one attached hydrogen (secondary N) is 1. The maximum absolute atomic E-state index is 12.6. The fraction of sp³-hybridized carbons (Fsp3) is 0.182. The third kappa shape index (κ3) is 3.57. The monoisotopic (exact) mass is 421 g/mol. The van der Waals surface area contributed by atoms with Crippen LogP contribution < -0.4 is 19.5 Å². The number of hydrogen-bond acceptors (Lipinski definition) is 6. The van der Waals surface area contributed by atoms with Gasteiger partial charge in [0.1, 0.15) is 5.75 Å². The molecule has 7 nitrogen and oxygen atoms in total. The minimum Gasteiger partial charge on any atom is -0.494 e. The average Bonchev–Trinajstić information content (AvgIpc) is 3.45. The molecular weight excluding hydrogens is 402 g/mol. The molecule has 0 aliphatic carbocycles. The predicted octanol–water partition coefficient (Wildman–Crippen LogP) is 4.37. The number of imidazole rings is 1. The number of rotatable bonds is 6. The lowest BCUT2D eigenvalue weighted by Gasteiger charge is -2.06. The number of benzene rings is 2. The average molecular weight is 421 g/mol. The summed E-state index contributed by atoms with van der Waals surface area (Å²) >= 11 is 1.52. The molecular formula is C22H19N3O4S. The van der Waals surface area contributed by atoms with Gasteiger partial charge in [-0.25, -0.2) is 4.98 Å². The van der Waals surface area contributed by atoms with E-state index >= 15 is 0 Å². The molecule has 0 saturated heterocycles. The van der Waals surface area contributed by atoms with Crippen LogP contribution in [0.25, 0.3) is 16.2 Å². The summed E-state index contributed by atoms with van der Waals surface area (Å²) in [6, 6.07) is 13.2. The third-order valence-corrected chi connectivity index (χ3v) is 5.63. The van der Waals surface area contributed by atoms with E-state index in [4.69, 9.17) is 14.2 Å². The molecule has 2 aromatic heterocycles. The van der Waals surface area contributed by atoms with Gasteiger partial charge in [-0.1, -0.05) is 0 Å². The van der Waals surface area contributed by atoms with Crippen LogP contribution in [0, 0.1) is 0 Å². The van der Waals surface area contributed by atoms with Gasteiger partial charge in [-0.05, 0) is 43.3 Å². The van der Waals surface area contributed by atoms with Crippen LogP contribution in [0.1, 0.15) is 12.6 Å². The number of fused-ring (bicyclic) bond motifs is 2. The van der Waals surface area contributed by atoms with Gasteiger partial charge in [0.25, 0.3) is 0 Å². The molecule has 1 amide bonds. The van der Waals surface area contributed by atoms with Gasteiger partial charge in [0.05, 0.1) is 18.7 Å². The van der Waals surface area contributed by atoms with E-state index in [1.165, 1.54) is 11.3 Å². The predicted molar refractivity (Wildman–Crippen MR) is 115 cm³/mol. The van der Waals surface area contributed by atoms with Gasteiger partial charge in [-0.3, -0.25) is 9.20 Å². The molecule has 0 spiro atoms. The maximum atomic E-state index is 12.6. The molecule has 0 bridgehead atoms. The summed E-state index contributed by atoms with van der Waals surface area (Å²) in [5.41, 5.74) is 3.43. The van der Waals surface area contributed by atoms with Crippen molar-refractivity contribution >= 4 is 27.9 Å². The molecule has 1 aliphatic heterocycles. The lowest BCUT2D eigenvalue weighted by molar-refractivity contribution is -0.115. The number of hydrogen-bond donors (Lipinski definition) is 1. The minimum absolute atomic E-state index is 0.107. The first-order chi connectivity index (χ1) is 14.7. The second-order valence-electron chi connectivity index (χ2n) is 6.76. The van der Waals surface area contributed by atoms with Crippen LogP contribution in [0.5, 0.6) is 17.2 Å². The molecule has 2 aromatic carbocycles. The maximum Gasteiger partial charge on any atom is 0.231 e. The van der Waals surface area contributed by atoms with Crippen LogP contribution in [0.3, 0.4) is 0 Å². The van der Waals surface area contributed by atoms with E-state index in [1.807, 2.05) is 47.2 Å². The molecule has 3 heterocycles. The summed E-state index contributed by atoms with van der Waals surface area (Å²) in [6.45, 7) is 2.80. The number of ether oxygens (including phenoxy) is 3. The summed E-state index contributed by atoms with van der Waals surface area (Å²) < 4.78 is 18.1. The van der Waals surface area contributed by atoms with Crippen molar-refractivity contribution in [3.63, 3.8) is 0 Å². The highest BCUT2D eigenvalue weighted by Gasteiger charge is 2.16. The number of aromatic nitrogens is 2. The summed E-state index contributed by atoms with van der Waals surface area (Å²) in [5.74, 6) is 2.06. The summed E-state index contributed by atoms with van der Waals surface area (Å²) in [7, 11) is 0. The van der Waals surface area contributed by atoms with Crippen molar-refractivity contribution in [3.8, 4) is 28.5 Å². The SMILES string of the molecule is CCOc1ccc(-c2cn3c(CC(=O)Nc4ccc5c(c4)OCO5)csc3n2)cc1. The summed E-state index contributed by atoms with van der Waals surface area (Å²) in [5, 5.41) is 4.88. The van der Waals surface area contributed by atoms with Crippen LogP contribution in [0.2, 0.25) is 0 Å². The molecule has 1 N–H and O–H groups in total. The molecule has 1 aliphatic rings. The van der Waals surface area contributed by atoms with Crippen molar-refractivity contribution in [1.29, 1.82) is 0 Å². The molecule has 0 fully saturated rings. The zero-order chi connectivity index (χ0) is 20.5. The van der Waals surface area contributed by atoms with Crippen LogP contribution in [0.4, 0.5) is 5.69 Å². The Labute approximate surface area is 176 Å².